The number of pyridine rings is 1. The Bertz CT molecular complexity index is 1060. The van der Waals surface area contributed by atoms with Crippen molar-refractivity contribution in [1.29, 1.82) is 0 Å². The third kappa shape index (κ3) is 6.03. The van der Waals surface area contributed by atoms with Gasteiger partial charge in [-0.2, -0.15) is 5.10 Å². The van der Waals surface area contributed by atoms with Crippen LogP contribution in [0, 0.1) is 0 Å². The summed E-state index contributed by atoms with van der Waals surface area (Å²) in [5, 5.41) is 23.9. The van der Waals surface area contributed by atoms with Crippen LogP contribution in [0.3, 0.4) is 0 Å². The van der Waals surface area contributed by atoms with Gasteiger partial charge in [0.25, 0.3) is 5.91 Å². The van der Waals surface area contributed by atoms with Gasteiger partial charge in [-0.25, -0.2) is 10.00 Å². The first kappa shape index (κ1) is 23.7. The van der Waals surface area contributed by atoms with Gasteiger partial charge in [-0.3, -0.25) is 14.9 Å². The molecule has 0 fully saturated rings. The second kappa shape index (κ2) is 10.5. The third-order valence-electron chi connectivity index (χ3n) is 5.36. The third-order valence-corrected chi connectivity index (χ3v) is 5.36. The monoisotopic (exact) mass is 436 g/mol. The van der Waals surface area contributed by atoms with Crippen molar-refractivity contribution in [2.24, 2.45) is 0 Å². The summed E-state index contributed by atoms with van der Waals surface area (Å²) in [5.74, 6) is -0.554. The lowest BCUT2D eigenvalue weighted by Gasteiger charge is -2.23. The van der Waals surface area contributed by atoms with E-state index >= 15 is 0 Å². The van der Waals surface area contributed by atoms with Crippen molar-refractivity contribution in [3.63, 3.8) is 0 Å². The van der Waals surface area contributed by atoms with E-state index < -0.39 is 11.5 Å². The summed E-state index contributed by atoms with van der Waals surface area (Å²) in [6, 6.07) is 14.0. The van der Waals surface area contributed by atoms with Crippen molar-refractivity contribution in [3.05, 3.63) is 77.1 Å². The van der Waals surface area contributed by atoms with Crippen molar-refractivity contribution in [1.82, 2.24) is 20.0 Å². The smallest absolute Gasteiger partial charge is 0.267 e. The molecule has 2 aromatic heterocycles. The van der Waals surface area contributed by atoms with Crippen molar-refractivity contribution in [3.8, 4) is 0 Å². The molecular formula is C25H32N4O3. The van der Waals surface area contributed by atoms with Crippen molar-refractivity contribution in [2.45, 2.75) is 45.8 Å². The highest BCUT2D eigenvalue weighted by atomic mass is 16.5. The van der Waals surface area contributed by atoms with Gasteiger partial charge in [0, 0.05) is 30.9 Å². The first-order chi connectivity index (χ1) is 15.3. The number of hydroxylamine groups is 1. The molecule has 0 atom stereocenters. The fourth-order valence-corrected chi connectivity index (χ4v) is 3.85. The first-order valence-electron chi connectivity index (χ1n) is 10.9. The van der Waals surface area contributed by atoms with Crippen LogP contribution in [0.5, 0.6) is 0 Å². The van der Waals surface area contributed by atoms with Crippen LogP contribution in [-0.2, 0) is 23.4 Å². The minimum absolute atomic E-state index is 0.554. The van der Waals surface area contributed by atoms with Gasteiger partial charge in [-0.15, -0.1) is 0 Å². The molecule has 0 aliphatic rings. The number of hydrogen-bond acceptors (Lipinski definition) is 5. The minimum Gasteiger partial charge on any atom is -0.384 e. The molecule has 7 heteroatoms. The van der Waals surface area contributed by atoms with E-state index in [1.165, 1.54) is 11.6 Å². The summed E-state index contributed by atoms with van der Waals surface area (Å²) in [6.45, 7) is 8.36. The van der Waals surface area contributed by atoms with E-state index in [0.29, 0.717) is 0 Å². The van der Waals surface area contributed by atoms with Gasteiger partial charge in [-0.05, 0) is 62.6 Å². The summed E-state index contributed by atoms with van der Waals surface area (Å²) >= 11 is 0. The zero-order chi connectivity index (χ0) is 23.1. The molecule has 1 amide bonds. The topological polar surface area (TPSA) is 90.1 Å². The van der Waals surface area contributed by atoms with E-state index in [4.69, 9.17) is 5.21 Å². The minimum atomic E-state index is -1.01. The molecule has 0 bridgehead atoms. The summed E-state index contributed by atoms with van der Waals surface area (Å²) in [5.41, 5.74) is 5.49. The van der Waals surface area contributed by atoms with Gasteiger partial charge >= 0.3 is 0 Å². The van der Waals surface area contributed by atoms with Crippen LogP contribution in [0.15, 0.2) is 54.7 Å². The Labute approximate surface area is 188 Å². The van der Waals surface area contributed by atoms with Crippen LogP contribution < -0.4 is 5.48 Å². The molecule has 2 heterocycles. The number of aliphatic hydroxyl groups is 1. The van der Waals surface area contributed by atoms with Crippen molar-refractivity contribution in [2.75, 3.05) is 13.1 Å². The number of carbonyl (C=O) groups is 1. The average Bonchev–Trinajstić information content (AvgIpc) is 3.16. The molecule has 0 aliphatic heterocycles. The Balaban J connectivity index is 1.73. The molecule has 3 aromatic rings. The van der Waals surface area contributed by atoms with Crippen molar-refractivity contribution < 1.29 is 15.1 Å². The standard InChI is InChI=1S/C25H32N4O3/c1-4-15-28(18-20-10-8-19(9-11-20)12-13-23(30)27-32)17-14-21-22-7-5-6-16-29(22)26-24(21)25(2,3)31/h5-13,16,31-32H,4,14-15,17-18H2,1-3H3,(H,27,30)/b13-12+. The van der Waals surface area contributed by atoms with E-state index in [9.17, 15) is 9.90 Å². The average molecular weight is 437 g/mol. The maximum absolute atomic E-state index is 11.1. The number of fused-ring (bicyclic) bond motifs is 1. The first-order valence-corrected chi connectivity index (χ1v) is 10.9. The Morgan fingerprint density at radius 3 is 2.59 bits per heavy atom. The highest BCUT2D eigenvalue weighted by molar-refractivity contribution is 5.90. The predicted octanol–water partition coefficient (Wildman–Crippen LogP) is 3.54. The van der Waals surface area contributed by atoms with Gasteiger partial charge in [-0.1, -0.05) is 37.3 Å². The van der Waals surface area contributed by atoms with Gasteiger partial charge in [0.05, 0.1) is 11.2 Å². The van der Waals surface area contributed by atoms with Crippen molar-refractivity contribution >= 4 is 17.5 Å². The fraction of sp³-hybridized carbons (Fsp3) is 0.360. The molecule has 0 spiro atoms. The summed E-state index contributed by atoms with van der Waals surface area (Å²) in [7, 11) is 0. The van der Waals surface area contributed by atoms with Crippen LogP contribution >= 0.6 is 0 Å². The SMILES string of the molecule is CCCN(CCc1c(C(C)(C)O)nn2ccccc12)Cc1ccc(/C=C/C(=O)NO)cc1. The van der Waals surface area contributed by atoms with Crippen LogP contribution in [0.1, 0.15) is 49.6 Å². The zero-order valence-corrected chi connectivity index (χ0v) is 19.0. The number of rotatable bonds is 10. The molecule has 0 radical (unpaired) electrons. The zero-order valence-electron chi connectivity index (χ0n) is 19.0. The molecule has 32 heavy (non-hydrogen) atoms. The Kier molecular flexibility index (Phi) is 7.80. The number of nitrogens with one attached hydrogen (secondary N) is 1. The van der Waals surface area contributed by atoms with Crippen LogP contribution in [0.25, 0.3) is 11.6 Å². The maximum Gasteiger partial charge on any atom is 0.267 e. The molecule has 1 aromatic carbocycles. The fourth-order valence-electron chi connectivity index (χ4n) is 3.85. The number of aromatic nitrogens is 2. The molecule has 0 unspecified atom stereocenters. The second-order valence-corrected chi connectivity index (χ2v) is 8.49. The number of carbonyl (C=O) groups excluding carboxylic acids is 1. The van der Waals surface area contributed by atoms with Gasteiger partial charge in [0.15, 0.2) is 0 Å². The number of amides is 1. The lowest BCUT2D eigenvalue weighted by Crippen LogP contribution is -2.27. The number of hydrogen-bond donors (Lipinski definition) is 3. The molecule has 0 aliphatic carbocycles. The van der Waals surface area contributed by atoms with E-state index in [1.807, 2.05) is 41.0 Å². The van der Waals surface area contributed by atoms with E-state index in [1.54, 1.807) is 25.4 Å². The molecule has 0 saturated carbocycles. The Hall–Kier alpha value is -3.00. The van der Waals surface area contributed by atoms with Gasteiger partial charge in [0.1, 0.15) is 5.60 Å². The van der Waals surface area contributed by atoms with Crippen LogP contribution in [-0.4, -0.2) is 43.8 Å². The number of nitrogens with zero attached hydrogens (tertiary/aromatic N) is 3. The second-order valence-electron chi connectivity index (χ2n) is 8.49. The highest BCUT2D eigenvalue weighted by Crippen LogP contribution is 2.26. The van der Waals surface area contributed by atoms with Gasteiger partial charge in [0.2, 0.25) is 0 Å². The summed E-state index contributed by atoms with van der Waals surface area (Å²) in [6.07, 6.45) is 6.70. The molecular weight excluding hydrogens is 404 g/mol. The lowest BCUT2D eigenvalue weighted by molar-refractivity contribution is -0.124. The van der Waals surface area contributed by atoms with Gasteiger partial charge < -0.3 is 5.11 Å². The van der Waals surface area contributed by atoms with E-state index in [2.05, 4.69) is 29.1 Å². The quantitative estimate of drug-likeness (QED) is 0.257. The van der Waals surface area contributed by atoms with E-state index in [-0.39, 0.29) is 0 Å². The Morgan fingerprint density at radius 2 is 1.94 bits per heavy atom. The molecule has 3 rings (SSSR count). The van der Waals surface area contributed by atoms with Crippen LogP contribution in [0.2, 0.25) is 0 Å². The predicted molar refractivity (Wildman–Crippen MR) is 125 cm³/mol. The largest absolute Gasteiger partial charge is 0.384 e. The summed E-state index contributed by atoms with van der Waals surface area (Å²) < 4.78 is 1.84. The van der Waals surface area contributed by atoms with E-state index in [0.717, 1.165) is 54.8 Å². The molecule has 170 valence electrons. The molecule has 0 saturated heterocycles. The highest BCUT2D eigenvalue weighted by Gasteiger charge is 2.26. The summed E-state index contributed by atoms with van der Waals surface area (Å²) in [4.78, 5) is 13.5. The normalized spacial score (nSPS) is 12.2. The molecule has 3 N–H and O–H groups in total. The lowest BCUT2D eigenvalue weighted by atomic mass is 9.98. The molecule has 7 nitrogen and oxygen atoms in total. The number of benzene rings is 1. The maximum atomic E-state index is 11.1. The van der Waals surface area contributed by atoms with Crippen LogP contribution in [0.4, 0.5) is 0 Å². The Morgan fingerprint density at radius 1 is 1.19 bits per heavy atom.